The Morgan fingerprint density at radius 2 is 1.61 bits per heavy atom. The molecule has 3 aromatic rings. The molecule has 4 rings (SSSR count). The van der Waals surface area contributed by atoms with Crippen LogP contribution in [0.4, 0.5) is 0 Å². The number of hydrogen-bond acceptors (Lipinski definition) is 5. The lowest BCUT2D eigenvalue weighted by Crippen LogP contribution is -2.45. The van der Waals surface area contributed by atoms with E-state index in [1.807, 2.05) is 13.8 Å². The summed E-state index contributed by atoms with van der Waals surface area (Å²) in [5.74, 6) is 0.943. The van der Waals surface area contributed by atoms with Crippen molar-refractivity contribution < 1.29 is 9.15 Å². The van der Waals surface area contributed by atoms with Crippen LogP contribution in [-0.4, -0.2) is 36.0 Å². The van der Waals surface area contributed by atoms with Gasteiger partial charge in [0.15, 0.2) is 0 Å². The highest BCUT2D eigenvalue weighted by molar-refractivity contribution is 5.30. The minimum Gasteiger partial charge on any atom is -0.482 e. The van der Waals surface area contributed by atoms with E-state index < -0.39 is 0 Å². The van der Waals surface area contributed by atoms with E-state index in [1.54, 1.807) is 6.07 Å². The van der Waals surface area contributed by atoms with E-state index in [1.165, 1.54) is 17.4 Å². The highest BCUT2D eigenvalue weighted by atomic mass is 16.5. The number of hydrogen-bond donors (Lipinski definition) is 0. The predicted molar refractivity (Wildman–Crippen MR) is 122 cm³/mol. The van der Waals surface area contributed by atoms with Gasteiger partial charge in [-0.25, -0.2) is 0 Å². The van der Waals surface area contributed by atoms with Crippen LogP contribution in [0.2, 0.25) is 0 Å². The summed E-state index contributed by atoms with van der Waals surface area (Å²) in [4.78, 5) is 17.3. The topological polar surface area (TPSA) is 45.9 Å². The lowest BCUT2D eigenvalue weighted by molar-refractivity contribution is 0.115. The molecule has 0 spiro atoms. The fourth-order valence-electron chi connectivity index (χ4n) is 3.91. The van der Waals surface area contributed by atoms with Crippen molar-refractivity contribution in [2.75, 3.05) is 26.2 Å². The molecule has 0 amide bonds. The van der Waals surface area contributed by atoms with Crippen LogP contribution in [0.25, 0.3) is 0 Å². The Balaban J connectivity index is 1.29. The van der Waals surface area contributed by atoms with Gasteiger partial charge in [-0.2, -0.15) is 0 Å². The molecule has 0 atom stereocenters. The third kappa shape index (κ3) is 5.84. The van der Waals surface area contributed by atoms with Gasteiger partial charge in [0.2, 0.25) is 11.2 Å². The first kappa shape index (κ1) is 21.3. The Bertz CT molecular complexity index is 1050. The van der Waals surface area contributed by atoms with Gasteiger partial charge in [-0.05, 0) is 30.5 Å². The molecule has 1 saturated heterocycles. The summed E-state index contributed by atoms with van der Waals surface area (Å²) in [5, 5.41) is 0. The van der Waals surface area contributed by atoms with Crippen LogP contribution in [0.15, 0.2) is 70.1 Å². The third-order valence-electron chi connectivity index (χ3n) is 5.83. The molecular weight excluding hydrogens is 388 g/mol. The maximum Gasteiger partial charge on any atom is 0.227 e. The Morgan fingerprint density at radius 3 is 2.32 bits per heavy atom. The van der Waals surface area contributed by atoms with Crippen molar-refractivity contribution in [1.29, 1.82) is 0 Å². The van der Waals surface area contributed by atoms with Gasteiger partial charge in [-0.15, -0.1) is 0 Å². The van der Waals surface area contributed by atoms with E-state index in [-0.39, 0.29) is 11.2 Å². The molecule has 162 valence electrons. The summed E-state index contributed by atoms with van der Waals surface area (Å²) in [5.41, 5.74) is 4.62. The van der Waals surface area contributed by atoms with Gasteiger partial charge in [-0.1, -0.05) is 54.1 Å². The van der Waals surface area contributed by atoms with Crippen molar-refractivity contribution in [3.05, 3.63) is 99.1 Å². The van der Waals surface area contributed by atoms with Crippen molar-refractivity contribution in [2.24, 2.45) is 0 Å². The van der Waals surface area contributed by atoms with Gasteiger partial charge >= 0.3 is 0 Å². The lowest BCUT2D eigenvalue weighted by Gasteiger charge is -2.34. The van der Waals surface area contributed by atoms with Crippen molar-refractivity contribution >= 4 is 0 Å². The molecule has 31 heavy (non-hydrogen) atoms. The highest BCUT2D eigenvalue weighted by Gasteiger charge is 2.18. The summed E-state index contributed by atoms with van der Waals surface area (Å²) in [6.07, 6.45) is 1.45. The fraction of sp³-hybridized carbons (Fsp3) is 0.346. The molecule has 0 unspecified atom stereocenters. The number of ether oxygens (including phenoxy) is 1. The SMILES string of the molecule is Cc1ccc(C)c(COc2coc(CN3CCN(Cc4ccccc4)CC3)cc2=O)c1. The molecule has 0 bridgehead atoms. The van der Waals surface area contributed by atoms with E-state index in [2.05, 4.69) is 58.3 Å². The van der Waals surface area contributed by atoms with Crippen molar-refractivity contribution in [2.45, 2.75) is 33.5 Å². The Morgan fingerprint density at radius 1 is 0.903 bits per heavy atom. The van der Waals surface area contributed by atoms with E-state index in [4.69, 9.17) is 9.15 Å². The van der Waals surface area contributed by atoms with E-state index >= 15 is 0 Å². The molecular formula is C26H30N2O3. The molecule has 2 aromatic carbocycles. The van der Waals surface area contributed by atoms with E-state index in [0.717, 1.165) is 43.9 Å². The maximum absolute atomic E-state index is 12.5. The van der Waals surface area contributed by atoms with Crippen molar-refractivity contribution in [1.82, 2.24) is 9.80 Å². The average Bonchev–Trinajstić information content (AvgIpc) is 2.77. The minimum absolute atomic E-state index is 0.130. The maximum atomic E-state index is 12.5. The molecule has 1 fully saturated rings. The Hall–Kier alpha value is -2.89. The molecule has 1 aromatic heterocycles. The van der Waals surface area contributed by atoms with Gasteiger partial charge in [0.25, 0.3) is 0 Å². The fourth-order valence-corrected chi connectivity index (χ4v) is 3.91. The molecule has 2 heterocycles. The van der Waals surface area contributed by atoms with Crippen LogP contribution >= 0.6 is 0 Å². The molecule has 0 radical (unpaired) electrons. The number of rotatable bonds is 7. The average molecular weight is 419 g/mol. The summed E-state index contributed by atoms with van der Waals surface area (Å²) in [6.45, 7) is 10.0. The second-order valence-electron chi connectivity index (χ2n) is 8.33. The second kappa shape index (κ2) is 9.94. The van der Waals surface area contributed by atoms with E-state index in [9.17, 15) is 4.79 Å². The number of piperazine rings is 1. The molecule has 0 N–H and O–H groups in total. The lowest BCUT2D eigenvalue weighted by atomic mass is 10.1. The predicted octanol–water partition coefficient (Wildman–Crippen LogP) is 4.15. The first-order valence-electron chi connectivity index (χ1n) is 10.9. The zero-order valence-electron chi connectivity index (χ0n) is 18.3. The number of nitrogens with zero attached hydrogens (tertiary/aromatic N) is 2. The monoisotopic (exact) mass is 418 g/mol. The van der Waals surface area contributed by atoms with Gasteiger partial charge in [-0.3, -0.25) is 14.6 Å². The normalized spacial score (nSPS) is 15.2. The van der Waals surface area contributed by atoms with Crippen LogP contribution < -0.4 is 10.2 Å². The summed E-state index contributed by atoms with van der Waals surface area (Å²) in [7, 11) is 0. The minimum atomic E-state index is -0.130. The molecule has 0 aliphatic carbocycles. The highest BCUT2D eigenvalue weighted by Crippen LogP contribution is 2.16. The molecule has 1 aliphatic heterocycles. The largest absolute Gasteiger partial charge is 0.482 e. The summed E-state index contributed by atoms with van der Waals surface area (Å²) >= 11 is 0. The van der Waals surface area contributed by atoms with Crippen LogP contribution in [0.1, 0.15) is 28.0 Å². The number of benzene rings is 2. The zero-order chi connectivity index (χ0) is 21.6. The van der Waals surface area contributed by atoms with Crippen molar-refractivity contribution in [3.63, 3.8) is 0 Å². The number of aryl methyl sites for hydroxylation is 2. The van der Waals surface area contributed by atoms with Crippen molar-refractivity contribution in [3.8, 4) is 5.75 Å². The van der Waals surface area contributed by atoms with Crippen LogP contribution in [0.3, 0.4) is 0 Å². The van der Waals surface area contributed by atoms with Gasteiger partial charge < -0.3 is 9.15 Å². The first-order chi connectivity index (χ1) is 15.1. The standard InChI is InChI=1S/C26H30N2O3/c1-20-8-9-21(2)23(14-20)18-31-26-19-30-24(15-25(26)29)17-28-12-10-27(11-13-28)16-22-6-4-3-5-7-22/h3-9,14-15,19H,10-13,16-18H2,1-2H3. The molecule has 1 aliphatic rings. The van der Waals surface area contributed by atoms with Crippen LogP contribution in [-0.2, 0) is 19.7 Å². The Labute approximate surface area is 183 Å². The third-order valence-corrected chi connectivity index (χ3v) is 5.83. The Kier molecular flexibility index (Phi) is 6.85. The van der Waals surface area contributed by atoms with Gasteiger partial charge in [0.05, 0.1) is 6.54 Å². The first-order valence-corrected chi connectivity index (χ1v) is 10.9. The zero-order valence-corrected chi connectivity index (χ0v) is 18.3. The van der Waals surface area contributed by atoms with E-state index in [0.29, 0.717) is 18.9 Å². The van der Waals surface area contributed by atoms with Gasteiger partial charge in [0, 0.05) is 38.8 Å². The smallest absolute Gasteiger partial charge is 0.227 e. The molecule has 5 nitrogen and oxygen atoms in total. The summed E-state index contributed by atoms with van der Waals surface area (Å²) in [6, 6.07) is 18.4. The molecule has 5 heteroatoms. The quantitative estimate of drug-likeness (QED) is 0.577. The van der Waals surface area contributed by atoms with Crippen LogP contribution in [0, 0.1) is 13.8 Å². The second-order valence-corrected chi connectivity index (χ2v) is 8.33. The van der Waals surface area contributed by atoms with Crippen LogP contribution in [0.5, 0.6) is 5.75 Å². The summed E-state index contributed by atoms with van der Waals surface area (Å²) < 4.78 is 11.5. The molecule has 0 saturated carbocycles. The van der Waals surface area contributed by atoms with Gasteiger partial charge in [0.1, 0.15) is 18.6 Å².